The molecule has 1 unspecified atom stereocenters. The van der Waals surface area contributed by atoms with E-state index in [2.05, 4.69) is 10.6 Å². The van der Waals surface area contributed by atoms with Gasteiger partial charge in [-0.2, -0.15) is 0 Å². The van der Waals surface area contributed by atoms with Crippen molar-refractivity contribution in [3.63, 3.8) is 0 Å². The van der Waals surface area contributed by atoms with Crippen LogP contribution in [0.1, 0.15) is 18.1 Å². The Morgan fingerprint density at radius 3 is 2.61 bits per heavy atom. The standard InChI is InChI=1S/C17H25N3O2S/c1-12-4-5-15(10-13(12)2)19-16(21)11-23-14(3)17(22)20-8-6-18-7-9-20/h4-5,10,14,18H,6-9,11H2,1-3H3,(H,19,21). The third kappa shape index (κ3) is 5.25. The molecule has 5 nitrogen and oxygen atoms in total. The van der Waals surface area contributed by atoms with E-state index in [-0.39, 0.29) is 22.8 Å². The molecule has 2 rings (SSSR count). The van der Waals surface area contributed by atoms with Crippen LogP contribution in [-0.2, 0) is 9.59 Å². The lowest BCUT2D eigenvalue weighted by Gasteiger charge is -2.29. The first kappa shape index (κ1) is 17.8. The molecule has 1 saturated heterocycles. The zero-order chi connectivity index (χ0) is 16.8. The van der Waals surface area contributed by atoms with Crippen LogP contribution >= 0.6 is 11.8 Å². The van der Waals surface area contributed by atoms with E-state index >= 15 is 0 Å². The van der Waals surface area contributed by atoms with Crippen LogP contribution in [-0.4, -0.2) is 53.9 Å². The summed E-state index contributed by atoms with van der Waals surface area (Å²) in [7, 11) is 0. The number of carbonyl (C=O) groups excluding carboxylic acids is 2. The van der Waals surface area contributed by atoms with Crippen molar-refractivity contribution in [2.75, 3.05) is 37.2 Å². The van der Waals surface area contributed by atoms with Crippen molar-refractivity contribution in [3.8, 4) is 0 Å². The number of nitrogens with one attached hydrogen (secondary N) is 2. The molecule has 1 atom stereocenters. The first-order chi connectivity index (χ1) is 11.0. The maximum absolute atomic E-state index is 12.3. The number of aryl methyl sites for hydroxylation is 2. The smallest absolute Gasteiger partial charge is 0.235 e. The average molecular weight is 335 g/mol. The van der Waals surface area contributed by atoms with Crippen LogP contribution in [0.2, 0.25) is 0 Å². The topological polar surface area (TPSA) is 61.4 Å². The Kier molecular flexibility index (Phi) is 6.47. The quantitative estimate of drug-likeness (QED) is 0.861. The highest BCUT2D eigenvalue weighted by molar-refractivity contribution is 8.01. The van der Waals surface area contributed by atoms with E-state index in [9.17, 15) is 9.59 Å². The molecule has 2 N–H and O–H groups in total. The summed E-state index contributed by atoms with van der Waals surface area (Å²) in [5.41, 5.74) is 3.16. The third-order valence-corrected chi connectivity index (χ3v) is 5.16. The summed E-state index contributed by atoms with van der Waals surface area (Å²) in [5, 5.41) is 5.92. The molecule has 1 heterocycles. The van der Waals surface area contributed by atoms with Crippen molar-refractivity contribution in [3.05, 3.63) is 29.3 Å². The molecule has 1 aromatic rings. The molecule has 1 aliphatic rings. The molecule has 1 aromatic carbocycles. The summed E-state index contributed by atoms with van der Waals surface area (Å²) >= 11 is 1.39. The summed E-state index contributed by atoms with van der Waals surface area (Å²) in [6.45, 7) is 9.12. The zero-order valence-electron chi connectivity index (χ0n) is 14.0. The number of thioether (sulfide) groups is 1. The number of benzene rings is 1. The normalized spacial score (nSPS) is 16.0. The molecule has 0 saturated carbocycles. The van der Waals surface area contributed by atoms with E-state index in [4.69, 9.17) is 0 Å². The van der Waals surface area contributed by atoms with Gasteiger partial charge in [0.05, 0.1) is 11.0 Å². The summed E-state index contributed by atoms with van der Waals surface area (Å²) < 4.78 is 0. The molecule has 6 heteroatoms. The van der Waals surface area contributed by atoms with Gasteiger partial charge in [-0.05, 0) is 44.0 Å². The van der Waals surface area contributed by atoms with Gasteiger partial charge in [-0.25, -0.2) is 0 Å². The highest BCUT2D eigenvalue weighted by atomic mass is 32.2. The molecule has 0 bridgehead atoms. The predicted molar refractivity (Wildman–Crippen MR) is 95.9 cm³/mol. The van der Waals surface area contributed by atoms with Crippen molar-refractivity contribution in [1.82, 2.24) is 10.2 Å². The maximum atomic E-state index is 12.3. The number of anilines is 1. The van der Waals surface area contributed by atoms with E-state index < -0.39 is 0 Å². The Morgan fingerprint density at radius 1 is 1.26 bits per heavy atom. The number of piperazine rings is 1. The number of hydrogen-bond donors (Lipinski definition) is 2. The van der Waals surface area contributed by atoms with Crippen molar-refractivity contribution < 1.29 is 9.59 Å². The molecular formula is C17H25N3O2S. The molecule has 0 aliphatic carbocycles. The van der Waals surface area contributed by atoms with Crippen molar-refractivity contribution in [2.45, 2.75) is 26.0 Å². The van der Waals surface area contributed by atoms with Gasteiger partial charge >= 0.3 is 0 Å². The van der Waals surface area contributed by atoms with Gasteiger partial charge in [-0.15, -0.1) is 11.8 Å². The van der Waals surface area contributed by atoms with Crippen molar-refractivity contribution in [2.24, 2.45) is 0 Å². The lowest BCUT2D eigenvalue weighted by molar-refractivity contribution is -0.130. The zero-order valence-corrected chi connectivity index (χ0v) is 14.8. The Hall–Kier alpha value is -1.53. The van der Waals surface area contributed by atoms with Gasteiger partial charge < -0.3 is 15.5 Å². The van der Waals surface area contributed by atoms with Crippen LogP contribution in [0.25, 0.3) is 0 Å². The van der Waals surface area contributed by atoms with Crippen molar-refractivity contribution in [1.29, 1.82) is 0 Å². The summed E-state index contributed by atoms with van der Waals surface area (Å²) in [4.78, 5) is 26.2. The predicted octanol–water partition coefficient (Wildman–Crippen LogP) is 1.80. The molecule has 2 amide bonds. The van der Waals surface area contributed by atoms with Crippen molar-refractivity contribution >= 4 is 29.3 Å². The molecule has 1 aliphatic heterocycles. The lowest BCUT2D eigenvalue weighted by Crippen LogP contribution is -2.48. The molecule has 0 spiro atoms. The second-order valence-electron chi connectivity index (χ2n) is 5.88. The van der Waals surface area contributed by atoms with E-state index in [1.165, 1.54) is 17.3 Å². The third-order valence-electron chi connectivity index (χ3n) is 4.03. The molecule has 0 radical (unpaired) electrons. The minimum atomic E-state index is -0.196. The largest absolute Gasteiger partial charge is 0.339 e. The fourth-order valence-electron chi connectivity index (χ4n) is 2.43. The molecule has 1 fully saturated rings. The lowest BCUT2D eigenvalue weighted by atomic mass is 10.1. The van der Waals surface area contributed by atoms with Gasteiger partial charge in [0.25, 0.3) is 0 Å². The van der Waals surface area contributed by atoms with E-state index in [1.807, 2.05) is 43.9 Å². The highest BCUT2D eigenvalue weighted by Gasteiger charge is 2.22. The first-order valence-corrected chi connectivity index (χ1v) is 9.00. The van der Waals surface area contributed by atoms with Gasteiger partial charge in [-0.3, -0.25) is 9.59 Å². The van der Waals surface area contributed by atoms with Crippen LogP contribution < -0.4 is 10.6 Å². The minimum absolute atomic E-state index is 0.0711. The molecule has 126 valence electrons. The van der Waals surface area contributed by atoms with Gasteiger partial charge in [0, 0.05) is 31.9 Å². The summed E-state index contributed by atoms with van der Waals surface area (Å²) in [6.07, 6.45) is 0. The number of carbonyl (C=O) groups is 2. The number of amides is 2. The fourth-order valence-corrected chi connectivity index (χ4v) is 3.20. The van der Waals surface area contributed by atoms with Crippen LogP contribution in [0.15, 0.2) is 18.2 Å². The second kappa shape index (κ2) is 8.36. The fraction of sp³-hybridized carbons (Fsp3) is 0.529. The van der Waals surface area contributed by atoms with Crippen LogP contribution in [0.5, 0.6) is 0 Å². The van der Waals surface area contributed by atoms with Crippen LogP contribution in [0.4, 0.5) is 5.69 Å². The number of rotatable bonds is 5. The van der Waals surface area contributed by atoms with E-state index in [1.54, 1.807) is 0 Å². The van der Waals surface area contributed by atoms with E-state index in [0.29, 0.717) is 0 Å². The summed E-state index contributed by atoms with van der Waals surface area (Å²) in [5.74, 6) is 0.333. The Bertz CT molecular complexity index is 571. The molecule has 23 heavy (non-hydrogen) atoms. The second-order valence-corrected chi connectivity index (χ2v) is 7.20. The average Bonchev–Trinajstić information content (AvgIpc) is 2.56. The molecular weight excluding hydrogens is 310 g/mol. The first-order valence-electron chi connectivity index (χ1n) is 7.95. The maximum Gasteiger partial charge on any atom is 0.235 e. The number of nitrogens with zero attached hydrogens (tertiary/aromatic N) is 1. The Morgan fingerprint density at radius 2 is 1.96 bits per heavy atom. The van der Waals surface area contributed by atoms with Crippen LogP contribution in [0.3, 0.4) is 0 Å². The van der Waals surface area contributed by atoms with Gasteiger partial charge in [0.1, 0.15) is 0 Å². The van der Waals surface area contributed by atoms with Gasteiger partial charge in [0.15, 0.2) is 0 Å². The van der Waals surface area contributed by atoms with Gasteiger partial charge in [0.2, 0.25) is 11.8 Å². The van der Waals surface area contributed by atoms with Crippen LogP contribution in [0, 0.1) is 13.8 Å². The Balaban J connectivity index is 1.78. The highest BCUT2D eigenvalue weighted by Crippen LogP contribution is 2.17. The summed E-state index contributed by atoms with van der Waals surface area (Å²) in [6, 6.07) is 5.86. The monoisotopic (exact) mass is 335 g/mol. The SMILES string of the molecule is Cc1ccc(NC(=O)CSC(C)C(=O)N2CCNCC2)cc1C. The van der Waals surface area contributed by atoms with E-state index in [0.717, 1.165) is 37.4 Å². The minimum Gasteiger partial charge on any atom is -0.339 e. The van der Waals surface area contributed by atoms with Gasteiger partial charge in [-0.1, -0.05) is 6.07 Å². The Labute approximate surface area is 142 Å². The molecule has 0 aromatic heterocycles. The number of hydrogen-bond acceptors (Lipinski definition) is 4.